The van der Waals surface area contributed by atoms with Gasteiger partial charge in [0.05, 0.1) is 13.1 Å². The Hall–Kier alpha value is -2.04. The Kier molecular flexibility index (Phi) is 4.44. The van der Waals surface area contributed by atoms with Crippen molar-refractivity contribution in [2.24, 2.45) is 0 Å². The van der Waals surface area contributed by atoms with Crippen molar-refractivity contribution in [3.63, 3.8) is 0 Å². The van der Waals surface area contributed by atoms with Crippen molar-refractivity contribution in [3.8, 4) is 5.75 Å². The van der Waals surface area contributed by atoms with Gasteiger partial charge in [0.25, 0.3) is 0 Å². The molecule has 0 radical (unpaired) electrons. The highest BCUT2D eigenvalue weighted by Crippen LogP contribution is 2.33. The second-order valence-corrected chi connectivity index (χ2v) is 6.86. The van der Waals surface area contributed by atoms with Gasteiger partial charge >= 0.3 is 5.97 Å². The number of aliphatic carboxylic acids is 1. The van der Waals surface area contributed by atoms with Crippen molar-refractivity contribution in [1.29, 1.82) is 0 Å². The van der Waals surface area contributed by atoms with Gasteiger partial charge in [-0.3, -0.25) is 9.59 Å². The number of carboxylic acid groups (broad SMARTS) is 1. The number of amides is 1. The van der Waals surface area contributed by atoms with Gasteiger partial charge in [-0.2, -0.15) is 0 Å². The minimum atomic E-state index is -1.09. The number of hydrogen-bond donors (Lipinski definition) is 1. The Labute approximate surface area is 130 Å². The molecule has 0 aliphatic carbocycles. The average Bonchev–Trinajstić information content (AvgIpc) is 2.32. The van der Waals surface area contributed by atoms with Crippen molar-refractivity contribution in [3.05, 3.63) is 29.3 Å². The predicted octanol–water partition coefficient (Wildman–Crippen LogP) is 2.36. The number of rotatable bonds is 4. The van der Waals surface area contributed by atoms with Crippen LogP contribution in [0.3, 0.4) is 0 Å². The van der Waals surface area contributed by atoms with E-state index in [1.165, 1.54) is 10.5 Å². The van der Waals surface area contributed by atoms with Crippen LogP contribution in [-0.2, 0) is 15.0 Å². The minimum Gasteiger partial charge on any atom is -0.486 e. The monoisotopic (exact) mass is 305 g/mol. The van der Waals surface area contributed by atoms with Crippen molar-refractivity contribution in [2.45, 2.75) is 45.6 Å². The molecule has 5 heteroatoms. The lowest BCUT2D eigenvalue weighted by molar-refractivity contribution is -0.148. The molecule has 120 valence electrons. The van der Waals surface area contributed by atoms with Crippen LogP contribution in [0.1, 0.15) is 38.3 Å². The molecule has 1 fully saturated rings. The molecule has 1 N–H and O–H groups in total. The van der Waals surface area contributed by atoms with Crippen LogP contribution >= 0.6 is 0 Å². The van der Waals surface area contributed by atoms with Gasteiger partial charge in [-0.25, -0.2) is 0 Å². The fraction of sp³-hybridized carbons (Fsp3) is 0.529. The number of carbonyl (C=O) groups excluding carboxylic acids is 1. The van der Waals surface area contributed by atoms with Gasteiger partial charge < -0.3 is 14.7 Å². The Bertz CT molecular complexity index is 583. The van der Waals surface area contributed by atoms with E-state index in [9.17, 15) is 9.59 Å². The molecule has 1 heterocycles. The molecule has 1 aliphatic rings. The summed E-state index contributed by atoms with van der Waals surface area (Å²) in [6, 6.07) is 6.11. The van der Waals surface area contributed by atoms with E-state index in [0.29, 0.717) is 13.1 Å². The second-order valence-electron chi connectivity index (χ2n) is 6.86. The molecular formula is C17H23NO4. The lowest BCUT2D eigenvalue weighted by atomic mass is 9.85. The van der Waals surface area contributed by atoms with Crippen LogP contribution in [0, 0.1) is 6.92 Å². The first-order valence-electron chi connectivity index (χ1n) is 7.44. The van der Waals surface area contributed by atoms with E-state index in [4.69, 9.17) is 9.84 Å². The Balaban J connectivity index is 2.00. The smallest absolute Gasteiger partial charge is 0.312 e. The zero-order chi connectivity index (χ0) is 16.5. The molecule has 1 amide bonds. The summed E-state index contributed by atoms with van der Waals surface area (Å²) in [5.74, 6) is -0.608. The molecule has 0 unspecified atom stereocenters. The molecule has 0 aromatic heterocycles. The number of likely N-dealkylation sites (tertiary alicyclic amines) is 1. The number of nitrogens with zero attached hydrogens (tertiary/aromatic N) is 1. The van der Waals surface area contributed by atoms with Crippen molar-refractivity contribution in [1.82, 2.24) is 4.90 Å². The highest BCUT2D eigenvalue weighted by molar-refractivity contribution is 5.93. The number of carboxylic acids is 1. The van der Waals surface area contributed by atoms with Crippen molar-refractivity contribution < 1.29 is 19.4 Å². The number of aryl methyl sites for hydroxylation is 1. The molecule has 1 aromatic rings. The molecule has 0 bridgehead atoms. The average molecular weight is 305 g/mol. The van der Waals surface area contributed by atoms with Crippen LogP contribution in [0.25, 0.3) is 0 Å². The van der Waals surface area contributed by atoms with Gasteiger partial charge in [0, 0.05) is 0 Å². The normalized spacial score (nSPS) is 15.4. The van der Waals surface area contributed by atoms with Crippen molar-refractivity contribution in [2.75, 3.05) is 13.1 Å². The molecule has 1 aromatic carbocycles. The van der Waals surface area contributed by atoms with Crippen LogP contribution in [0.4, 0.5) is 0 Å². The Morgan fingerprint density at radius 1 is 1.32 bits per heavy atom. The standard InChI is InChI=1S/C17H23NO4/c1-11-5-6-14(13(7-11)17(2,3)4)22-12-9-18(10-12)15(19)8-16(20)21/h5-7,12H,8-10H2,1-4H3,(H,20,21). The lowest BCUT2D eigenvalue weighted by Gasteiger charge is -2.39. The van der Waals surface area contributed by atoms with Crippen LogP contribution in [0.15, 0.2) is 18.2 Å². The highest BCUT2D eigenvalue weighted by Gasteiger charge is 2.34. The fourth-order valence-electron chi connectivity index (χ4n) is 2.47. The molecule has 0 atom stereocenters. The number of hydrogen-bond acceptors (Lipinski definition) is 3. The molecule has 2 rings (SSSR count). The summed E-state index contributed by atoms with van der Waals surface area (Å²) in [6.45, 7) is 9.36. The maximum Gasteiger partial charge on any atom is 0.312 e. The molecular weight excluding hydrogens is 282 g/mol. The van der Waals surface area contributed by atoms with E-state index < -0.39 is 12.4 Å². The van der Waals surface area contributed by atoms with Gasteiger partial charge in [-0.15, -0.1) is 0 Å². The van der Waals surface area contributed by atoms with E-state index >= 15 is 0 Å². The third-order valence-corrected chi connectivity index (χ3v) is 3.74. The first-order valence-corrected chi connectivity index (χ1v) is 7.44. The largest absolute Gasteiger partial charge is 0.486 e. The Morgan fingerprint density at radius 2 is 1.95 bits per heavy atom. The third kappa shape index (κ3) is 3.78. The quantitative estimate of drug-likeness (QED) is 0.867. The molecule has 0 spiro atoms. The maximum absolute atomic E-state index is 11.6. The van der Waals surface area contributed by atoms with E-state index in [-0.39, 0.29) is 17.4 Å². The zero-order valence-corrected chi connectivity index (χ0v) is 13.5. The number of ether oxygens (including phenoxy) is 1. The number of carbonyl (C=O) groups is 2. The van der Waals surface area contributed by atoms with Gasteiger partial charge in [-0.05, 0) is 24.0 Å². The second kappa shape index (κ2) is 5.99. The predicted molar refractivity (Wildman–Crippen MR) is 83.1 cm³/mol. The number of benzene rings is 1. The summed E-state index contributed by atoms with van der Waals surface area (Å²) in [5, 5.41) is 8.63. The van der Waals surface area contributed by atoms with E-state index in [1.54, 1.807) is 0 Å². The maximum atomic E-state index is 11.6. The first-order chi connectivity index (χ1) is 10.2. The SMILES string of the molecule is Cc1ccc(OC2CN(C(=O)CC(=O)O)C2)c(C(C)(C)C)c1. The Morgan fingerprint density at radius 3 is 2.50 bits per heavy atom. The summed E-state index contributed by atoms with van der Waals surface area (Å²) in [6.07, 6.45) is -0.522. The van der Waals surface area contributed by atoms with Gasteiger partial charge in [0.2, 0.25) is 5.91 Å². The highest BCUT2D eigenvalue weighted by atomic mass is 16.5. The molecule has 1 aliphatic heterocycles. The van der Waals surface area contributed by atoms with Crippen LogP contribution in [0.2, 0.25) is 0 Å². The van der Waals surface area contributed by atoms with Crippen LogP contribution in [0.5, 0.6) is 5.75 Å². The molecule has 22 heavy (non-hydrogen) atoms. The van der Waals surface area contributed by atoms with E-state index in [0.717, 1.165) is 11.3 Å². The summed E-state index contributed by atoms with van der Waals surface area (Å²) in [7, 11) is 0. The summed E-state index contributed by atoms with van der Waals surface area (Å²) < 4.78 is 6.01. The third-order valence-electron chi connectivity index (χ3n) is 3.74. The van der Waals surface area contributed by atoms with Gasteiger partial charge in [0.15, 0.2) is 0 Å². The lowest BCUT2D eigenvalue weighted by Crippen LogP contribution is -2.56. The topological polar surface area (TPSA) is 66.8 Å². The molecule has 1 saturated heterocycles. The first kappa shape index (κ1) is 16.3. The minimum absolute atomic E-state index is 0.0239. The fourth-order valence-corrected chi connectivity index (χ4v) is 2.47. The van der Waals surface area contributed by atoms with E-state index in [1.807, 2.05) is 12.1 Å². The van der Waals surface area contributed by atoms with Gasteiger partial charge in [-0.1, -0.05) is 38.5 Å². The summed E-state index contributed by atoms with van der Waals surface area (Å²) in [4.78, 5) is 23.6. The molecule has 5 nitrogen and oxygen atoms in total. The zero-order valence-electron chi connectivity index (χ0n) is 13.5. The molecule has 0 saturated carbocycles. The van der Waals surface area contributed by atoms with Crippen LogP contribution < -0.4 is 4.74 Å². The summed E-state index contributed by atoms with van der Waals surface area (Å²) >= 11 is 0. The van der Waals surface area contributed by atoms with Gasteiger partial charge in [0.1, 0.15) is 18.3 Å². The van der Waals surface area contributed by atoms with E-state index in [2.05, 4.69) is 33.8 Å². The summed E-state index contributed by atoms with van der Waals surface area (Å²) in [5.41, 5.74) is 2.30. The van der Waals surface area contributed by atoms with Crippen molar-refractivity contribution >= 4 is 11.9 Å². The van der Waals surface area contributed by atoms with Crippen LogP contribution in [-0.4, -0.2) is 41.1 Å².